The number of rotatable bonds is 4. The van der Waals surface area contributed by atoms with Gasteiger partial charge in [-0.15, -0.1) is 0 Å². The number of halogens is 1. The van der Waals surface area contributed by atoms with Crippen molar-refractivity contribution in [2.75, 3.05) is 19.8 Å². The molecule has 4 bridgehead atoms. The van der Waals surface area contributed by atoms with E-state index in [0.717, 1.165) is 44.1 Å². The summed E-state index contributed by atoms with van der Waals surface area (Å²) >= 11 is 3.41. The van der Waals surface area contributed by atoms with Gasteiger partial charge in [-0.1, -0.05) is 25.3 Å². The van der Waals surface area contributed by atoms with E-state index in [1.807, 2.05) is 19.1 Å². The number of pyridine rings is 1. The lowest BCUT2D eigenvalue weighted by Gasteiger charge is -2.27. The molecule has 1 aliphatic carbocycles. The number of hydrogen-bond acceptors (Lipinski definition) is 7. The van der Waals surface area contributed by atoms with E-state index in [4.69, 9.17) is 4.74 Å². The van der Waals surface area contributed by atoms with E-state index in [-0.39, 0.29) is 53.5 Å². The van der Waals surface area contributed by atoms with Crippen LogP contribution in [0.15, 0.2) is 34.9 Å². The molecular formula is C33H38BrN5O5. The van der Waals surface area contributed by atoms with Crippen molar-refractivity contribution in [2.24, 2.45) is 5.41 Å². The molecule has 2 aromatic heterocycles. The van der Waals surface area contributed by atoms with Crippen LogP contribution >= 0.6 is 15.9 Å². The van der Waals surface area contributed by atoms with Crippen LogP contribution < -0.4 is 5.32 Å². The standard InChI is InChI=1S/C33H38BrN5O5/c1-20-8-11-29(34)36-24(20)15-27(41)26-16-33-17-28(33)39(26)30(42)18-38-25-14-22(9-10-23(25)31(37-38)21(2)40)32(43)35-12-6-4-3-5-7-13-44-19-33/h8-11,14,26,28H,3-7,12-13,15-19H2,1-2H3,(H,35,43)/t26-,28+,33-/m0/s1. The maximum absolute atomic E-state index is 14.1. The highest BCUT2D eigenvalue weighted by atomic mass is 79.9. The number of aromatic nitrogens is 3. The van der Waals surface area contributed by atoms with Gasteiger partial charge in [0.25, 0.3) is 5.91 Å². The molecule has 0 radical (unpaired) electrons. The van der Waals surface area contributed by atoms with Crippen molar-refractivity contribution in [3.05, 3.63) is 57.4 Å². The lowest BCUT2D eigenvalue weighted by Crippen LogP contribution is -2.45. The summed E-state index contributed by atoms with van der Waals surface area (Å²) in [5.41, 5.74) is 2.60. The molecule has 1 aromatic carbocycles. The first kappa shape index (κ1) is 30.6. The van der Waals surface area contributed by atoms with Crippen molar-refractivity contribution < 1.29 is 23.9 Å². The lowest BCUT2D eigenvalue weighted by atomic mass is 9.95. The van der Waals surface area contributed by atoms with Crippen molar-refractivity contribution in [1.82, 2.24) is 25.0 Å². The van der Waals surface area contributed by atoms with Crippen LogP contribution in [-0.4, -0.2) is 74.9 Å². The van der Waals surface area contributed by atoms with Gasteiger partial charge in [-0.25, -0.2) is 4.98 Å². The third kappa shape index (κ3) is 6.08. The number of nitrogens with one attached hydrogen (secondary N) is 1. The number of nitrogens with zero attached hydrogens (tertiary/aromatic N) is 4. The molecule has 11 heteroatoms. The van der Waals surface area contributed by atoms with Crippen LogP contribution in [0.1, 0.15) is 84.0 Å². The van der Waals surface area contributed by atoms with Crippen molar-refractivity contribution in [1.29, 1.82) is 0 Å². The molecule has 1 saturated heterocycles. The normalized spacial score (nSPS) is 24.7. The van der Waals surface area contributed by atoms with E-state index in [9.17, 15) is 19.2 Å². The Labute approximate surface area is 265 Å². The Kier molecular flexibility index (Phi) is 8.70. The molecule has 3 aliphatic rings. The number of carbonyl (C=O) groups excluding carboxylic acids is 4. The number of aryl methyl sites for hydroxylation is 1. The largest absolute Gasteiger partial charge is 0.381 e. The average molecular weight is 665 g/mol. The number of carbonyl (C=O) groups is 4. The molecule has 3 atom stereocenters. The smallest absolute Gasteiger partial charge is 0.251 e. The van der Waals surface area contributed by atoms with Gasteiger partial charge in [0.15, 0.2) is 11.6 Å². The summed E-state index contributed by atoms with van der Waals surface area (Å²) < 4.78 is 8.31. The molecule has 4 heterocycles. The molecule has 44 heavy (non-hydrogen) atoms. The van der Waals surface area contributed by atoms with Crippen molar-refractivity contribution in [2.45, 2.75) is 83.8 Å². The summed E-state index contributed by atoms with van der Waals surface area (Å²) in [5, 5.41) is 8.09. The van der Waals surface area contributed by atoms with Gasteiger partial charge in [0.1, 0.15) is 16.8 Å². The highest BCUT2D eigenvalue weighted by Gasteiger charge is 2.67. The number of benzene rings is 1. The zero-order valence-electron chi connectivity index (χ0n) is 25.2. The van der Waals surface area contributed by atoms with E-state index in [2.05, 4.69) is 31.3 Å². The SMILES string of the molecule is CC(=O)c1nn2c3cc(ccc13)C(=O)NCCCCCCCOC[C@@]13C[C@@H](C(=O)Cc4nc(Br)ccc4C)N(C(=O)C2)[C@@H]1C3. The summed E-state index contributed by atoms with van der Waals surface area (Å²) in [6, 6.07) is 8.18. The predicted octanol–water partition coefficient (Wildman–Crippen LogP) is 4.59. The van der Waals surface area contributed by atoms with Crippen LogP contribution in [0.25, 0.3) is 10.9 Å². The summed E-state index contributed by atoms with van der Waals surface area (Å²) in [7, 11) is 0. The molecule has 232 valence electrons. The number of fused-ring (bicyclic) bond motifs is 1. The van der Waals surface area contributed by atoms with Crippen LogP contribution in [0.2, 0.25) is 0 Å². The third-order valence-electron chi connectivity index (χ3n) is 9.36. The van der Waals surface area contributed by atoms with E-state index in [1.54, 1.807) is 23.1 Å². The van der Waals surface area contributed by atoms with E-state index >= 15 is 0 Å². The fourth-order valence-electron chi connectivity index (χ4n) is 6.82. The number of hydrogen-bond donors (Lipinski definition) is 1. The number of amides is 2. The minimum absolute atomic E-state index is 0.0503. The second-order valence-corrected chi connectivity index (χ2v) is 13.3. The quantitative estimate of drug-likeness (QED) is 0.320. The fourth-order valence-corrected chi connectivity index (χ4v) is 7.17. The van der Waals surface area contributed by atoms with E-state index < -0.39 is 6.04 Å². The molecule has 2 fully saturated rings. The van der Waals surface area contributed by atoms with Crippen molar-refractivity contribution in [3.63, 3.8) is 0 Å². The molecule has 1 N–H and O–H groups in total. The molecule has 1 saturated carbocycles. The Bertz CT molecular complexity index is 1640. The molecule has 0 unspecified atom stereocenters. The Balaban J connectivity index is 1.33. The Hall–Kier alpha value is -3.44. The van der Waals surface area contributed by atoms with Crippen LogP contribution in [0, 0.1) is 12.3 Å². The molecule has 2 amide bonds. The molecule has 3 aromatic rings. The Morgan fingerprint density at radius 2 is 1.89 bits per heavy atom. The minimum Gasteiger partial charge on any atom is -0.381 e. The van der Waals surface area contributed by atoms with Crippen molar-refractivity contribution in [3.8, 4) is 0 Å². The maximum Gasteiger partial charge on any atom is 0.251 e. The number of ether oxygens (including phenoxy) is 1. The van der Waals surface area contributed by atoms with Gasteiger partial charge < -0.3 is 15.0 Å². The van der Waals surface area contributed by atoms with Gasteiger partial charge in [-0.05, 0) is 78.4 Å². The van der Waals surface area contributed by atoms with Gasteiger partial charge in [0.05, 0.1) is 30.3 Å². The van der Waals surface area contributed by atoms with E-state index in [1.165, 1.54) is 11.6 Å². The maximum atomic E-state index is 14.1. The predicted molar refractivity (Wildman–Crippen MR) is 167 cm³/mol. The van der Waals surface area contributed by atoms with E-state index in [0.29, 0.717) is 52.9 Å². The zero-order chi connectivity index (χ0) is 31.0. The van der Waals surface area contributed by atoms with Crippen LogP contribution in [0.4, 0.5) is 0 Å². The highest BCUT2D eigenvalue weighted by molar-refractivity contribution is 9.10. The summed E-state index contributed by atoms with van der Waals surface area (Å²) in [6.07, 6.45) is 6.45. The molecule has 10 nitrogen and oxygen atoms in total. The Morgan fingerprint density at radius 3 is 2.70 bits per heavy atom. The zero-order valence-corrected chi connectivity index (χ0v) is 26.8. The number of piperidine rings is 1. The monoisotopic (exact) mass is 663 g/mol. The fraction of sp³-hybridized carbons (Fsp3) is 0.515. The second kappa shape index (κ2) is 12.5. The number of ketones is 2. The summed E-state index contributed by atoms with van der Waals surface area (Å²) in [6.45, 7) is 4.96. The van der Waals surface area contributed by atoms with Crippen LogP contribution in [0.3, 0.4) is 0 Å². The Morgan fingerprint density at radius 1 is 1.09 bits per heavy atom. The highest BCUT2D eigenvalue weighted by Crippen LogP contribution is 2.60. The van der Waals surface area contributed by atoms with Gasteiger partial charge in [-0.2, -0.15) is 5.10 Å². The second-order valence-electron chi connectivity index (χ2n) is 12.5. The van der Waals surface area contributed by atoms with Gasteiger partial charge in [-0.3, -0.25) is 23.9 Å². The topological polar surface area (TPSA) is 123 Å². The summed E-state index contributed by atoms with van der Waals surface area (Å²) in [4.78, 5) is 59.7. The van der Waals surface area contributed by atoms with Gasteiger partial charge >= 0.3 is 0 Å². The summed E-state index contributed by atoms with van der Waals surface area (Å²) in [5.74, 6) is -0.725. The molecule has 0 spiro atoms. The van der Waals surface area contributed by atoms with Crippen LogP contribution in [-0.2, 0) is 27.3 Å². The molecule has 2 aliphatic heterocycles. The average Bonchev–Trinajstić information content (AvgIpc) is 3.41. The van der Waals surface area contributed by atoms with Gasteiger partial charge in [0.2, 0.25) is 5.91 Å². The van der Waals surface area contributed by atoms with Crippen LogP contribution in [0.5, 0.6) is 0 Å². The lowest BCUT2D eigenvalue weighted by molar-refractivity contribution is -0.139. The molecular weight excluding hydrogens is 626 g/mol. The third-order valence-corrected chi connectivity index (χ3v) is 9.80. The van der Waals surface area contributed by atoms with Gasteiger partial charge in [0, 0.05) is 42.5 Å². The minimum atomic E-state index is -0.602. The number of Topliss-reactive ketones (excluding diaryl/α,β-unsaturated/α-hetero) is 2. The first-order valence-corrected chi connectivity index (χ1v) is 16.3. The molecule has 6 rings (SSSR count). The first-order valence-electron chi connectivity index (χ1n) is 15.5. The van der Waals surface area contributed by atoms with Crippen molar-refractivity contribution >= 4 is 50.2 Å². The first-order chi connectivity index (χ1) is 21.2.